The number of amides is 1. The summed E-state index contributed by atoms with van der Waals surface area (Å²) in [7, 11) is -3.56. The van der Waals surface area contributed by atoms with Gasteiger partial charge in [0.05, 0.1) is 10.6 Å². The Morgan fingerprint density at radius 1 is 1.21 bits per heavy atom. The minimum atomic E-state index is -3.56. The van der Waals surface area contributed by atoms with Gasteiger partial charge in [0.25, 0.3) is 0 Å². The molecule has 24 heavy (non-hydrogen) atoms. The Balaban J connectivity index is 2.06. The van der Waals surface area contributed by atoms with Gasteiger partial charge >= 0.3 is 5.97 Å². The number of carboxylic acids is 1. The van der Waals surface area contributed by atoms with Crippen LogP contribution in [0, 0.1) is 0 Å². The van der Waals surface area contributed by atoms with E-state index in [2.05, 4.69) is 0 Å². The molecule has 1 aliphatic rings. The third-order valence-corrected chi connectivity index (χ3v) is 5.98. The van der Waals surface area contributed by atoms with Gasteiger partial charge in [0.15, 0.2) is 9.84 Å². The van der Waals surface area contributed by atoms with Crippen LogP contribution < -0.4 is 0 Å². The molecule has 0 aliphatic heterocycles. The van der Waals surface area contributed by atoms with E-state index in [1.807, 2.05) is 6.07 Å². The van der Waals surface area contributed by atoms with E-state index < -0.39 is 28.3 Å². The summed E-state index contributed by atoms with van der Waals surface area (Å²) in [5.41, 5.74) is 2.26. The van der Waals surface area contributed by atoms with Crippen molar-refractivity contribution in [2.24, 2.45) is 0 Å². The fourth-order valence-electron chi connectivity index (χ4n) is 2.93. The van der Waals surface area contributed by atoms with Crippen LogP contribution in [0.5, 0.6) is 0 Å². The van der Waals surface area contributed by atoms with Crippen LogP contribution in [0.25, 0.3) is 0 Å². The van der Waals surface area contributed by atoms with Gasteiger partial charge in [0.2, 0.25) is 5.91 Å². The van der Waals surface area contributed by atoms with E-state index in [4.69, 9.17) is 5.11 Å². The number of rotatable bonds is 7. The lowest BCUT2D eigenvalue weighted by Crippen LogP contribution is -2.41. The Bertz CT molecular complexity index is 739. The van der Waals surface area contributed by atoms with E-state index in [1.165, 1.54) is 10.5 Å². The van der Waals surface area contributed by atoms with E-state index in [0.717, 1.165) is 24.8 Å². The minimum absolute atomic E-state index is 0.217. The first kappa shape index (κ1) is 18.4. The molecule has 0 bridgehead atoms. The first-order valence-electron chi connectivity index (χ1n) is 8.06. The molecule has 1 aromatic rings. The minimum Gasteiger partial charge on any atom is -0.480 e. The number of benzene rings is 1. The molecule has 2 rings (SSSR count). The summed E-state index contributed by atoms with van der Waals surface area (Å²) in [6.45, 7) is 2.99. The highest BCUT2D eigenvalue weighted by Gasteiger charge is 2.24. The molecule has 1 aromatic carbocycles. The fourth-order valence-corrected chi connectivity index (χ4v) is 4.21. The van der Waals surface area contributed by atoms with Gasteiger partial charge in [-0.2, -0.15) is 0 Å². The molecule has 0 spiro atoms. The largest absolute Gasteiger partial charge is 0.480 e. The molecule has 0 fully saturated rings. The molecule has 0 radical (unpaired) electrons. The topological polar surface area (TPSA) is 91.8 Å². The van der Waals surface area contributed by atoms with Crippen molar-refractivity contribution in [1.29, 1.82) is 0 Å². The summed E-state index contributed by atoms with van der Waals surface area (Å²) in [6.07, 6.45) is 2.69. The molecule has 0 saturated heterocycles. The van der Waals surface area contributed by atoms with Crippen LogP contribution in [0.1, 0.15) is 37.8 Å². The quantitative estimate of drug-likeness (QED) is 0.805. The predicted molar refractivity (Wildman–Crippen MR) is 89.6 cm³/mol. The molecule has 1 N–H and O–H groups in total. The smallest absolute Gasteiger partial charge is 0.323 e. The van der Waals surface area contributed by atoms with Crippen LogP contribution in [0.3, 0.4) is 0 Å². The lowest BCUT2D eigenvalue weighted by atomic mass is 10.1. The maximum atomic E-state index is 12.5. The molecule has 1 aliphatic carbocycles. The number of carboxylic acid groups (broad SMARTS) is 1. The standard InChI is InChI=1S/C17H23NO5S/c1-12(2)18(11-17(20)21)16(19)8-9-24(22,23)15-7-6-13-4-3-5-14(13)10-15/h6-7,10,12H,3-5,8-9,11H2,1-2H3,(H,20,21). The first-order valence-corrected chi connectivity index (χ1v) is 9.72. The Labute approximate surface area is 142 Å². The molecule has 0 heterocycles. The van der Waals surface area contributed by atoms with Crippen LogP contribution in [-0.4, -0.2) is 48.6 Å². The highest BCUT2D eigenvalue weighted by molar-refractivity contribution is 7.91. The van der Waals surface area contributed by atoms with E-state index in [-0.39, 0.29) is 23.1 Å². The van der Waals surface area contributed by atoms with Crippen molar-refractivity contribution < 1.29 is 23.1 Å². The summed E-state index contributed by atoms with van der Waals surface area (Å²) in [4.78, 5) is 24.4. The molecule has 6 nitrogen and oxygen atoms in total. The zero-order chi connectivity index (χ0) is 17.9. The summed E-state index contributed by atoms with van der Waals surface area (Å²) in [5, 5.41) is 8.87. The van der Waals surface area contributed by atoms with E-state index in [0.29, 0.717) is 0 Å². The number of sulfone groups is 1. The number of aliphatic carboxylic acids is 1. The number of hydrogen-bond donors (Lipinski definition) is 1. The SMILES string of the molecule is CC(C)N(CC(=O)O)C(=O)CCS(=O)(=O)c1ccc2c(c1)CCC2. The predicted octanol–water partition coefficient (Wildman–Crippen LogP) is 1.66. The van der Waals surface area contributed by atoms with E-state index in [1.54, 1.807) is 26.0 Å². The third-order valence-electron chi connectivity index (χ3n) is 4.26. The second-order valence-corrected chi connectivity index (χ2v) is 8.47. The van der Waals surface area contributed by atoms with Crippen molar-refractivity contribution in [1.82, 2.24) is 4.90 Å². The van der Waals surface area contributed by atoms with Crippen molar-refractivity contribution in [3.05, 3.63) is 29.3 Å². The summed E-state index contributed by atoms with van der Waals surface area (Å²) in [5.74, 6) is -1.89. The fraction of sp³-hybridized carbons (Fsp3) is 0.529. The van der Waals surface area contributed by atoms with Gasteiger partial charge in [-0.3, -0.25) is 9.59 Å². The first-order chi connectivity index (χ1) is 11.2. The van der Waals surface area contributed by atoms with Gasteiger partial charge in [-0.05, 0) is 56.4 Å². The number of hydrogen-bond acceptors (Lipinski definition) is 4. The van der Waals surface area contributed by atoms with Gasteiger partial charge in [-0.1, -0.05) is 6.07 Å². The zero-order valence-corrected chi connectivity index (χ0v) is 14.8. The van der Waals surface area contributed by atoms with E-state index in [9.17, 15) is 18.0 Å². The van der Waals surface area contributed by atoms with Crippen molar-refractivity contribution in [3.8, 4) is 0 Å². The van der Waals surface area contributed by atoms with Crippen LogP contribution in [0.4, 0.5) is 0 Å². The lowest BCUT2D eigenvalue weighted by molar-refractivity contribution is -0.145. The molecular formula is C17H23NO5S. The van der Waals surface area contributed by atoms with Crippen LogP contribution in [0.15, 0.2) is 23.1 Å². The van der Waals surface area contributed by atoms with Gasteiger partial charge in [0.1, 0.15) is 6.54 Å². The number of carbonyl (C=O) groups is 2. The number of nitrogens with zero attached hydrogens (tertiary/aromatic N) is 1. The molecule has 7 heteroatoms. The number of carbonyl (C=O) groups excluding carboxylic acids is 1. The monoisotopic (exact) mass is 353 g/mol. The maximum Gasteiger partial charge on any atom is 0.323 e. The average Bonchev–Trinajstić information content (AvgIpc) is 2.97. The van der Waals surface area contributed by atoms with Crippen LogP contribution in [-0.2, 0) is 32.3 Å². The number of fused-ring (bicyclic) bond motifs is 1. The second kappa shape index (κ2) is 7.34. The molecule has 0 unspecified atom stereocenters. The molecule has 0 saturated carbocycles. The van der Waals surface area contributed by atoms with Gasteiger partial charge in [0, 0.05) is 12.5 Å². The van der Waals surface area contributed by atoms with Crippen LogP contribution in [0.2, 0.25) is 0 Å². The van der Waals surface area contributed by atoms with E-state index >= 15 is 0 Å². The normalized spacial score (nSPS) is 13.8. The third kappa shape index (κ3) is 4.35. The van der Waals surface area contributed by atoms with Crippen molar-refractivity contribution in [3.63, 3.8) is 0 Å². The number of aryl methyl sites for hydroxylation is 2. The average molecular weight is 353 g/mol. The highest BCUT2D eigenvalue weighted by atomic mass is 32.2. The van der Waals surface area contributed by atoms with Crippen molar-refractivity contribution >= 4 is 21.7 Å². The Morgan fingerprint density at radius 3 is 2.50 bits per heavy atom. The van der Waals surface area contributed by atoms with Gasteiger partial charge < -0.3 is 10.0 Å². The lowest BCUT2D eigenvalue weighted by Gasteiger charge is -2.24. The highest BCUT2D eigenvalue weighted by Crippen LogP contribution is 2.25. The molecule has 0 aromatic heterocycles. The summed E-state index contributed by atoms with van der Waals surface area (Å²) >= 11 is 0. The summed E-state index contributed by atoms with van der Waals surface area (Å²) < 4.78 is 24.9. The van der Waals surface area contributed by atoms with Gasteiger partial charge in [-0.15, -0.1) is 0 Å². The van der Waals surface area contributed by atoms with Gasteiger partial charge in [-0.25, -0.2) is 8.42 Å². The Kier molecular flexibility index (Phi) is 5.64. The van der Waals surface area contributed by atoms with Crippen LogP contribution >= 0.6 is 0 Å². The maximum absolute atomic E-state index is 12.5. The van der Waals surface area contributed by atoms with Crippen molar-refractivity contribution in [2.45, 2.75) is 50.5 Å². The molecule has 1 amide bonds. The molecule has 0 atom stereocenters. The second-order valence-electron chi connectivity index (χ2n) is 6.36. The summed E-state index contributed by atoms with van der Waals surface area (Å²) in [6, 6.07) is 4.86. The molecule has 132 valence electrons. The Morgan fingerprint density at radius 2 is 1.88 bits per heavy atom. The zero-order valence-electron chi connectivity index (χ0n) is 14.0. The Hall–Kier alpha value is -1.89. The van der Waals surface area contributed by atoms with Crippen molar-refractivity contribution in [2.75, 3.05) is 12.3 Å². The molecular weight excluding hydrogens is 330 g/mol.